The topological polar surface area (TPSA) is 65.6 Å². The molecule has 0 radical (unpaired) electrons. The number of nitrogens with zero attached hydrogens (tertiary/aromatic N) is 5. The molecule has 0 aliphatic carbocycles. The third kappa shape index (κ3) is 5.23. The molecule has 1 saturated heterocycles. The van der Waals surface area contributed by atoms with Gasteiger partial charge in [0, 0.05) is 44.0 Å². The number of hydrogen-bond donors (Lipinski definition) is 1. The predicted molar refractivity (Wildman–Crippen MR) is 124 cm³/mol. The van der Waals surface area contributed by atoms with E-state index in [0.29, 0.717) is 16.7 Å². The Morgan fingerprint density at radius 2 is 1.97 bits per heavy atom. The summed E-state index contributed by atoms with van der Waals surface area (Å²) in [4.78, 5) is 4.78. The first-order valence-electron chi connectivity index (χ1n) is 10.3. The summed E-state index contributed by atoms with van der Waals surface area (Å²) in [5.41, 5.74) is 2.60. The fourth-order valence-corrected chi connectivity index (χ4v) is 4.22. The molecule has 0 amide bonds. The number of ether oxygens (including phenoxy) is 1. The highest BCUT2D eigenvalue weighted by molar-refractivity contribution is 6.43. The first-order chi connectivity index (χ1) is 15.2. The van der Waals surface area contributed by atoms with Gasteiger partial charge in [-0.15, -0.1) is 0 Å². The number of aromatic nitrogens is 2. The van der Waals surface area contributed by atoms with E-state index < -0.39 is 0 Å². The largest absolute Gasteiger partial charge is 0.493 e. The summed E-state index contributed by atoms with van der Waals surface area (Å²) >= 11 is 12.5. The molecule has 1 N–H and O–H groups in total. The molecule has 9 heteroatoms. The number of hydrogen-bond acceptors (Lipinski definition) is 6. The zero-order valence-electron chi connectivity index (χ0n) is 17.1. The zero-order chi connectivity index (χ0) is 21.6. The molecule has 1 aliphatic rings. The minimum atomic E-state index is 0.603. The summed E-state index contributed by atoms with van der Waals surface area (Å²) in [6.45, 7) is 5.63. The number of unbranched alkanes of at least 4 members (excludes halogenated alkanes) is 1. The first-order valence-corrected chi connectivity index (χ1v) is 11.1. The Balaban J connectivity index is 1.19. The summed E-state index contributed by atoms with van der Waals surface area (Å²) < 4.78 is 7.63. The Hall–Kier alpha value is -2.48. The average Bonchev–Trinajstić information content (AvgIpc) is 3.18. The van der Waals surface area contributed by atoms with Crippen LogP contribution in [0.15, 0.2) is 47.9 Å². The zero-order valence-corrected chi connectivity index (χ0v) is 18.6. The van der Waals surface area contributed by atoms with E-state index in [-0.39, 0.29) is 0 Å². The van der Waals surface area contributed by atoms with Crippen molar-refractivity contribution in [2.75, 3.05) is 44.2 Å². The second-order valence-electron chi connectivity index (χ2n) is 7.49. The molecule has 4 rings (SSSR count). The highest BCUT2D eigenvalue weighted by Gasteiger charge is 2.19. The molecule has 0 saturated carbocycles. The molecule has 0 bridgehead atoms. The van der Waals surface area contributed by atoms with Crippen molar-refractivity contribution in [2.45, 2.75) is 12.8 Å². The van der Waals surface area contributed by atoms with Gasteiger partial charge in [0.15, 0.2) is 0 Å². The number of halogens is 2. The Bertz CT molecular complexity index is 1050. The number of pyridine rings is 1. The van der Waals surface area contributed by atoms with Crippen LogP contribution in [0.3, 0.4) is 0 Å². The molecule has 1 fully saturated rings. The molecule has 3 aromatic rings. The molecule has 164 valence electrons. The molecule has 0 atom stereocenters. The van der Waals surface area contributed by atoms with Crippen molar-refractivity contribution in [2.24, 2.45) is 5.16 Å². The van der Waals surface area contributed by atoms with Gasteiger partial charge in [0.05, 0.1) is 40.3 Å². The van der Waals surface area contributed by atoms with Crippen LogP contribution in [0.4, 0.5) is 5.69 Å². The fraction of sp³-hybridized carbons (Fsp3) is 0.364. The molecule has 1 aromatic carbocycles. The van der Waals surface area contributed by atoms with Crippen molar-refractivity contribution in [3.05, 3.63) is 58.3 Å². The minimum absolute atomic E-state index is 0.603. The monoisotopic (exact) mass is 461 g/mol. The predicted octanol–water partition coefficient (Wildman–Crippen LogP) is 4.43. The lowest BCUT2D eigenvalue weighted by molar-refractivity contribution is 0.238. The second kappa shape index (κ2) is 10.2. The van der Waals surface area contributed by atoms with E-state index >= 15 is 0 Å². The second-order valence-corrected chi connectivity index (χ2v) is 8.28. The highest BCUT2D eigenvalue weighted by atomic mass is 35.5. The van der Waals surface area contributed by atoms with Crippen LogP contribution >= 0.6 is 23.2 Å². The normalized spacial score (nSPS) is 15.2. The standard InChI is InChI=1S/C22H25Cl2N5O2/c23-19-4-3-5-20(22(19)24)28-11-9-27(10-12-28)7-1-2-13-31-18-6-8-29-21(14-18)17(15-25-29)16-26-30/h3-6,8,14-16,30H,1-2,7,9-13H2. The van der Waals surface area contributed by atoms with E-state index in [0.717, 1.165) is 68.1 Å². The van der Waals surface area contributed by atoms with Crippen LogP contribution in [0.1, 0.15) is 18.4 Å². The SMILES string of the molecule is ON=Cc1cnn2ccc(OCCCCN3CCN(c4cccc(Cl)c4Cl)CC3)cc12. The van der Waals surface area contributed by atoms with Gasteiger partial charge < -0.3 is 14.8 Å². The third-order valence-electron chi connectivity index (χ3n) is 5.50. The molecular weight excluding hydrogens is 437 g/mol. The highest BCUT2D eigenvalue weighted by Crippen LogP contribution is 2.32. The maximum absolute atomic E-state index is 8.75. The third-order valence-corrected chi connectivity index (χ3v) is 6.31. The Morgan fingerprint density at radius 1 is 1.13 bits per heavy atom. The van der Waals surface area contributed by atoms with Crippen LogP contribution < -0.4 is 9.64 Å². The molecule has 2 aromatic heterocycles. The molecular formula is C22H25Cl2N5O2. The van der Waals surface area contributed by atoms with Gasteiger partial charge in [-0.2, -0.15) is 5.10 Å². The quantitative estimate of drug-likeness (QED) is 0.232. The van der Waals surface area contributed by atoms with Gasteiger partial charge in [0.25, 0.3) is 0 Å². The fourth-order valence-electron chi connectivity index (χ4n) is 3.81. The lowest BCUT2D eigenvalue weighted by Crippen LogP contribution is -2.46. The van der Waals surface area contributed by atoms with Crippen LogP contribution in [-0.4, -0.2) is 65.3 Å². The molecule has 31 heavy (non-hydrogen) atoms. The lowest BCUT2D eigenvalue weighted by Gasteiger charge is -2.36. The van der Waals surface area contributed by atoms with Crippen LogP contribution in [-0.2, 0) is 0 Å². The molecule has 7 nitrogen and oxygen atoms in total. The minimum Gasteiger partial charge on any atom is -0.493 e. The van der Waals surface area contributed by atoms with Gasteiger partial charge >= 0.3 is 0 Å². The van der Waals surface area contributed by atoms with E-state index in [1.165, 1.54) is 6.21 Å². The maximum atomic E-state index is 8.75. The first kappa shape index (κ1) is 21.7. The molecule has 1 aliphatic heterocycles. The van der Waals surface area contributed by atoms with Crippen molar-refractivity contribution in [3.63, 3.8) is 0 Å². The van der Waals surface area contributed by atoms with E-state index in [1.54, 1.807) is 10.7 Å². The number of benzene rings is 1. The number of oxime groups is 1. The van der Waals surface area contributed by atoms with E-state index in [4.69, 9.17) is 33.1 Å². The summed E-state index contributed by atoms with van der Waals surface area (Å²) in [6.07, 6.45) is 6.92. The molecule has 0 unspecified atom stereocenters. The average molecular weight is 462 g/mol. The number of rotatable bonds is 8. The summed E-state index contributed by atoms with van der Waals surface area (Å²) in [7, 11) is 0. The van der Waals surface area contributed by atoms with Gasteiger partial charge in [0.1, 0.15) is 5.75 Å². The van der Waals surface area contributed by atoms with Crippen LogP contribution in [0.5, 0.6) is 5.75 Å². The van der Waals surface area contributed by atoms with E-state index in [2.05, 4.69) is 20.1 Å². The van der Waals surface area contributed by atoms with Crippen LogP contribution in [0, 0.1) is 0 Å². The number of fused-ring (bicyclic) bond motifs is 1. The maximum Gasteiger partial charge on any atom is 0.123 e. The van der Waals surface area contributed by atoms with E-state index in [9.17, 15) is 0 Å². The summed E-state index contributed by atoms with van der Waals surface area (Å²) in [5.74, 6) is 0.785. The Kier molecular flexibility index (Phi) is 7.17. The van der Waals surface area contributed by atoms with Gasteiger partial charge in [-0.3, -0.25) is 4.90 Å². The Morgan fingerprint density at radius 3 is 2.77 bits per heavy atom. The van der Waals surface area contributed by atoms with Crippen molar-refractivity contribution in [1.82, 2.24) is 14.5 Å². The van der Waals surface area contributed by atoms with Gasteiger partial charge in [0.2, 0.25) is 0 Å². The van der Waals surface area contributed by atoms with Crippen LogP contribution in [0.25, 0.3) is 5.52 Å². The summed E-state index contributed by atoms with van der Waals surface area (Å²) in [5, 5.41) is 17.3. The van der Waals surface area contributed by atoms with Crippen molar-refractivity contribution >= 4 is 40.6 Å². The van der Waals surface area contributed by atoms with Gasteiger partial charge in [-0.05, 0) is 37.6 Å². The number of anilines is 1. The molecule has 3 heterocycles. The van der Waals surface area contributed by atoms with Crippen LogP contribution in [0.2, 0.25) is 10.0 Å². The van der Waals surface area contributed by atoms with Gasteiger partial charge in [-0.1, -0.05) is 34.4 Å². The van der Waals surface area contributed by atoms with Crippen molar-refractivity contribution in [3.8, 4) is 5.75 Å². The summed E-state index contributed by atoms with van der Waals surface area (Å²) in [6, 6.07) is 9.59. The molecule has 0 spiro atoms. The van der Waals surface area contributed by atoms with Crippen molar-refractivity contribution in [1.29, 1.82) is 0 Å². The van der Waals surface area contributed by atoms with Gasteiger partial charge in [-0.25, -0.2) is 4.52 Å². The number of piperazine rings is 1. The smallest absolute Gasteiger partial charge is 0.123 e. The lowest BCUT2D eigenvalue weighted by atomic mass is 10.2. The van der Waals surface area contributed by atoms with Crippen molar-refractivity contribution < 1.29 is 9.94 Å². The van der Waals surface area contributed by atoms with E-state index in [1.807, 2.05) is 36.5 Å². The Labute approximate surface area is 191 Å².